The van der Waals surface area contributed by atoms with Crippen LogP contribution in [0, 0.1) is 0 Å². The van der Waals surface area contributed by atoms with Crippen molar-refractivity contribution in [2.24, 2.45) is 0 Å². The molecule has 0 radical (unpaired) electrons. The van der Waals surface area contributed by atoms with Gasteiger partial charge in [0.15, 0.2) is 0 Å². The van der Waals surface area contributed by atoms with Gasteiger partial charge in [0.1, 0.15) is 12.4 Å². The maximum Gasteiger partial charge on any atom is 0.135 e. The van der Waals surface area contributed by atoms with Crippen molar-refractivity contribution in [3.05, 3.63) is 42.4 Å². The van der Waals surface area contributed by atoms with Crippen LogP contribution in [0.3, 0.4) is 0 Å². The predicted molar refractivity (Wildman–Crippen MR) is 86.5 cm³/mol. The SMILES string of the molecule is c1ccc(-c2cnc3n2CC(CNC2CCCC2)OC3)cc1. The Kier molecular flexibility index (Phi) is 3.95. The molecule has 1 N–H and O–H groups in total. The topological polar surface area (TPSA) is 39.1 Å². The summed E-state index contributed by atoms with van der Waals surface area (Å²) in [5.74, 6) is 1.04. The van der Waals surface area contributed by atoms with Gasteiger partial charge in [-0.15, -0.1) is 0 Å². The average molecular weight is 297 g/mol. The predicted octanol–water partition coefficient (Wildman–Crippen LogP) is 2.98. The summed E-state index contributed by atoms with van der Waals surface area (Å²) in [6.07, 6.45) is 7.59. The fourth-order valence-corrected chi connectivity index (χ4v) is 3.57. The van der Waals surface area contributed by atoms with E-state index in [-0.39, 0.29) is 6.10 Å². The summed E-state index contributed by atoms with van der Waals surface area (Å²) in [7, 11) is 0. The van der Waals surface area contributed by atoms with E-state index < -0.39 is 0 Å². The molecule has 2 aliphatic rings. The number of benzene rings is 1. The van der Waals surface area contributed by atoms with E-state index in [1.807, 2.05) is 6.20 Å². The van der Waals surface area contributed by atoms with Gasteiger partial charge in [0.05, 0.1) is 24.5 Å². The Balaban J connectivity index is 1.46. The lowest BCUT2D eigenvalue weighted by atomic mass is 10.1. The normalized spacial score (nSPS) is 21.9. The van der Waals surface area contributed by atoms with Crippen molar-refractivity contribution in [1.82, 2.24) is 14.9 Å². The van der Waals surface area contributed by atoms with E-state index >= 15 is 0 Å². The van der Waals surface area contributed by atoms with Crippen molar-refractivity contribution in [1.29, 1.82) is 0 Å². The Morgan fingerprint density at radius 3 is 2.82 bits per heavy atom. The number of aromatic nitrogens is 2. The van der Waals surface area contributed by atoms with Crippen molar-refractivity contribution < 1.29 is 4.74 Å². The van der Waals surface area contributed by atoms with Crippen LogP contribution in [-0.4, -0.2) is 28.2 Å². The summed E-state index contributed by atoms with van der Waals surface area (Å²) in [4.78, 5) is 4.52. The van der Waals surface area contributed by atoms with Crippen molar-refractivity contribution in [3.8, 4) is 11.3 Å². The summed E-state index contributed by atoms with van der Waals surface area (Å²) < 4.78 is 8.29. The highest BCUT2D eigenvalue weighted by Gasteiger charge is 2.24. The molecule has 1 aliphatic heterocycles. The van der Waals surface area contributed by atoms with Gasteiger partial charge < -0.3 is 14.6 Å². The van der Waals surface area contributed by atoms with E-state index in [0.29, 0.717) is 12.6 Å². The van der Waals surface area contributed by atoms with Crippen molar-refractivity contribution >= 4 is 0 Å². The van der Waals surface area contributed by atoms with Crippen LogP contribution in [0.15, 0.2) is 36.5 Å². The zero-order chi connectivity index (χ0) is 14.8. The zero-order valence-electron chi connectivity index (χ0n) is 12.9. The van der Waals surface area contributed by atoms with Gasteiger partial charge in [0, 0.05) is 12.6 Å². The fraction of sp³-hybridized carbons (Fsp3) is 0.500. The third-order valence-corrected chi connectivity index (χ3v) is 4.83. The third-order valence-electron chi connectivity index (χ3n) is 4.83. The van der Waals surface area contributed by atoms with E-state index in [4.69, 9.17) is 4.74 Å². The minimum atomic E-state index is 0.241. The maximum absolute atomic E-state index is 5.97. The number of nitrogens with zero attached hydrogens (tertiary/aromatic N) is 2. The number of rotatable bonds is 4. The second kappa shape index (κ2) is 6.23. The quantitative estimate of drug-likeness (QED) is 0.943. The monoisotopic (exact) mass is 297 g/mol. The van der Waals surface area contributed by atoms with Gasteiger partial charge in [0.25, 0.3) is 0 Å². The van der Waals surface area contributed by atoms with Crippen molar-refractivity contribution in [2.75, 3.05) is 6.54 Å². The summed E-state index contributed by atoms with van der Waals surface area (Å²) in [6, 6.07) is 11.2. The minimum Gasteiger partial charge on any atom is -0.367 e. The van der Waals surface area contributed by atoms with Gasteiger partial charge >= 0.3 is 0 Å². The van der Waals surface area contributed by atoms with Gasteiger partial charge in [-0.2, -0.15) is 0 Å². The van der Waals surface area contributed by atoms with Crippen LogP contribution in [0.1, 0.15) is 31.5 Å². The molecule has 2 aromatic rings. The lowest BCUT2D eigenvalue weighted by Gasteiger charge is -2.27. The van der Waals surface area contributed by atoms with Crippen LogP contribution >= 0.6 is 0 Å². The molecule has 116 valence electrons. The summed E-state index contributed by atoms with van der Waals surface area (Å²) in [5, 5.41) is 3.67. The smallest absolute Gasteiger partial charge is 0.135 e. The first-order valence-corrected chi connectivity index (χ1v) is 8.35. The molecule has 0 amide bonds. The summed E-state index contributed by atoms with van der Waals surface area (Å²) in [5.41, 5.74) is 2.43. The van der Waals surface area contributed by atoms with Crippen molar-refractivity contribution in [2.45, 2.75) is 51.0 Å². The highest BCUT2D eigenvalue weighted by Crippen LogP contribution is 2.25. The van der Waals surface area contributed by atoms with Crippen LogP contribution < -0.4 is 5.32 Å². The van der Waals surface area contributed by atoms with Crippen LogP contribution in [0.5, 0.6) is 0 Å². The minimum absolute atomic E-state index is 0.241. The first-order chi connectivity index (χ1) is 10.9. The lowest BCUT2D eigenvalue weighted by molar-refractivity contribution is 0.00206. The molecule has 1 aromatic carbocycles. The molecule has 0 saturated heterocycles. The van der Waals surface area contributed by atoms with Crippen LogP contribution in [0.2, 0.25) is 0 Å². The van der Waals surface area contributed by atoms with Crippen LogP contribution in [0.4, 0.5) is 0 Å². The van der Waals surface area contributed by atoms with Gasteiger partial charge in [0.2, 0.25) is 0 Å². The van der Waals surface area contributed by atoms with Gasteiger partial charge in [-0.25, -0.2) is 4.98 Å². The molecule has 1 aliphatic carbocycles. The Hall–Kier alpha value is -1.65. The molecule has 4 nitrogen and oxygen atoms in total. The van der Waals surface area contributed by atoms with E-state index in [1.54, 1.807) is 0 Å². The largest absolute Gasteiger partial charge is 0.367 e. The fourth-order valence-electron chi connectivity index (χ4n) is 3.57. The Labute approximate surface area is 131 Å². The number of hydrogen-bond acceptors (Lipinski definition) is 3. The molecule has 4 heteroatoms. The second-order valence-electron chi connectivity index (χ2n) is 6.36. The van der Waals surface area contributed by atoms with Crippen molar-refractivity contribution in [3.63, 3.8) is 0 Å². The standard InChI is InChI=1S/C18H23N3O/c1-2-6-14(7-3-1)17-11-20-18-13-22-16(12-21(17)18)10-19-15-8-4-5-9-15/h1-3,6-7,11,15-16,19H,4-5,8-10,12-13H2. The molecular weight excluding hydrogens is 274 g/mol. The highest BCUT2D eigenvalue weighted by atomic mass is 16.5. The molecule has 0 spiro atoms. The second-order valence-corrected chi connectivity index (χ2v) is 6.36. The Morgan fingerprint density at radius 2 is 2.00 bits per heavy atom. The third kappa shape index (κ3) is 2.81. The van der Waals surface area contributed by atoms with Gasteiger partial charge in [-0.05, 0) is 18.4 Å². The van der Waals surface area contributed by atoms with E-state index in [2.05, 4.69) is 45.2 Å². The summed E-state index contributed by atoms with van der Waals surface area (Å²) >= 11 is 0. The van der Waals surface area contributed by atoms with Crippen LogP contribution in [0.25, 0.3) is 11.3 Å². The van der Waals surface area contributed by atoms with E-state index in [0.717, 1.165) is 18.9 Å². The number of imidazole rings is 1. The Bertz CT molecular complexity index is 617. The molecule has 22 heavy (non-hydrogen) atoms. The average Bonchev–Trinajstić information content (AvgIpc) is 3.23. The van der Waals surface area contributed by atoms with Gasteiger partial charge in [-0.1, -0.05) is 43.2 Å². The summed E-state index contributed by atoms with van der Waals surface area (Å²) in [6.45, 7) is 2.44. The first-order valence-electron chi connectivity index (χ1n) is 8.35. The molecule has 0 bridgehead atoms. The first kappa shape index (κ1) is 14.0. The molecule has 1 aromatic heterocycles. The van der Waals surface area contributed by atoms with Crippen LogP contribution in [-0.2, 0) is 17.9 Å². The molecule has 1 atom stereocenters. The zero-order valence-corrected chi connectivity index (χ0v) is 12.9. The molecule has 1 fully saturated rings. The van der Waals surface area contributed by atoms with E-state index in [9.17, 15) is 0 Å². The molecule has 4 rings (SSSR count). The highest BCUT2D eigenvalue weighted by molar-refractivity contribution is 5.59. The number of fused-ring (bicyclic) bond motifs is 1. The maximum atomic E-state index is 5.97. The molecule has 1 saturated carbocycles. The molecule has 2 heterocycles. The Morgan fingerprint density at radius 1 is 1.18 bits per heavy atom. The number of nitrogens with one attached hydrogen (secondary N) is 1. The molecular formula is C18H23N3O. The van der Waals surface area contributed by atoms with Gasteiger partial charge in [-0.3, -0.25) is 0 Å². The van der Waals surface area contributed by atoms with E-state index in [1.165, 1.54) is 36.9 Å². The number of ether oxygens (including phenoxy) is 1. The number of hydrogen-bond donors (Lipinski definition) is 1. The lowest BCUT2D eigenvalue weighted by Crippen LogP contribution is -2.39. The molecule has 1 unspecified atom stereocenters.